The first-order valence-electron chi connectivity index (χ1n) is 5.31. The first kappa shape index (κ1) is 11.9. The van der Waals surface area contributed by atoms with Crippen LogP contribution in [-0.2, 0) is 9.53 Å². The second kappa shape index (κ2) is 4.75. The van der Waals surface area contributed by atoms with Crippen molar-refractivity contribution in [2.45, 2.75) is 19.4 Å². The Balaban J connectivity index is 2.03. The molecule has 2 heterocycles. The molecule has 1 aromatic heterocycles. The van der Waals surface area contributed by atoms with Gasteiger partial charge < -0.3 is 10.1 Å². The molecule has 1 fully saturated rings. The fraction of sp³-hybridized carbons (Fsp3) is 0.455. The molecule has 1 aliphatic rings. The van der Waals surface area contributed by atoms with Crippen LogP contribution in [0.15, 0.2) is 12.1 Å². The highest BCUT2D eigenvalue weighted by Gasteiger charge is 2.28. The van der Waals surface area contributed by atoms with Gasteiger partial charge in [0.1, 0.15) is 0 Å². The highest BCUT2D eigenvalue weighted by Crippen LogP contribution is 2.21. The van der Waals surface area contributed by atoms with Crippen LogP contribution in [0.1, 0.15) is 13.3 Å². The van der Waals surface area contributed by atoms with Gasteiger partial charge in [-0.05, 0) is 25.5 Å². The van der Waals surface area contributed by atoms with Crippen LogP contribution in [0.25, 0.3) is 0 Å². The Morgan fingerprint density at radius 2 is 2.29 bits per heavy atom. The van der Waals surface area contributed by atoms with Gasteiger partial charge in [0.2, 0.25) is 17.8 Å². The summed E-state index contributed by atoms with van der Waals surface area (Å²) in [6.07, 6.45) is 0.629. The standard InChI is InChI=1S/C11H12F2N2O2/c1-6-4-7(5-17-6)11(16)14-8-2-3-9(12)15-10(8)13/h2-3,6-7H,4-5H2,1H3,(H,14,16). The number of hydrogen-bond acceptors (Lipinski definition) is 3. The summed E-state index contributed by atoms with van der Waals surface area (Å²) in [5.74, 6) is -2.57. The maximum absolute atomic E-state index is 13.2. The topological polar surface area (TPSA) is 51.2 Å². The fourth-order valence-electron chi connectivity index (χ4n) is 1.74. The van der Waals surface area contributed by atoms with Crippen molar-refractivity contribution < 1.29 is 18.3 Å². The Kier molecular flexibility index (Phi) is 3.33. The third-order valence-electron chi connectivity index (χ3n) is 2.64. The zero-order valence-electron chi connectivity index (χ0n) is 9.24. The number of anilines is 1. The molecule has 0 radical (unpaired) electrons. The summed E-state index contributed by atoms with van der Waals surface area (Å²) in [5, 5.41) is 2.38. The van der Waals surface area contributed by atoms with E-state index in [4.69, 9.17) is 4.74 Å². The van der Waals surface area contributed by atoms with Crippen LogP contribution in [0.4, 0.5) is 14.5 Å². The lowest BCUT2D eigenvalue weighted by atomic mass is 10.1. The van der Waals surface area contributed by atoms with Crippen LogP contribution in [-0.4, -0.2) is 23.6 Å². The third-order valence-corrected chi connectivity index (χ3v) is 2.64. The molecule has 2 atom stereocenters. The van der Waals surface area contributed by atoms with E-state index in [0.29, 0.717) is 13.0 Å². The van der Waals surface area contributed by atoms with Gasteiger partial charge in [-0.25, -0.2) is 0 Å². The van der Waals surface area contributed by atoms with Gasteiger partial charge in [-0.1, -0.05) is 0 Å². The highest BCUT2D eigenvalue weighted by molar-refractivity contribution is 5.92. The van der Waals surface area contributed by atoms with E-state index in [1.165, 1.54) is 0 Å². The first-order valence-corrected chi connectivity index (χ1v) is 5.31. The van der Waals surface area contributed by atoms with Gasteiger partial charge in [0.25, 0.3) is 0 Å². The Hall–Kier alpha value is -1.56. The van der Waals surface area contributed by atoms with Crippen molar-refractivity contribution in [3.63, 3.8) is 0 Å². The van der Waals surface area contributed by atoms with Gasteiger partial charge in [-0.15, -0.1) is 0 Å². The Bertz CT molecular complexity index is 439. The van der Waals surface area contributed by atoms with Gasteiger partial charge >= 0.3 is 0 Å². The summed E-state index contributed by atoms with van der Waals surface area (Å²) in [6.45, 7) is 2.19. The van der Waals surface area contributed by atoms with E-state index >= 15 is 0 Å². The number of nitrogens with zero attached hydrogens (tertiary/aromatic N) is 1. The zero-order valence-corrected chi connectivity index (χ0v) is 9.24. The van der Waals surface area contributed by atoms with Gasteiger partial charge in [-0.3, -0.25) is 4.79 Å². The predicted octanol–water partition coefficient (Wildman–Crippen LogP) is 1.72. The smallest absolute Gasteiger partial charge is 0.239 e. The quantitative estimate of drug-likeness (QED) is 0.803. The van der Waals surface area contributed by atoms with E-state index in [2.05, 4.69) is 10.3 Å². The van der Waals surface area contributed by atoms with Gasteiger partial charge in [-0.2, -0.15) is 13.8 Å². The second-order valence-corrected chi connectivity index (χ2v) is 4.04. The van der Waals surface area contributed by atoms with Crippen LogP contribution in [0.5, 0.6) is 0 Å². The molecule has 0 aromatic carbocycles. The monoisotopic (exact) mass is 242 g/mol. The van der Waals surface area contributed by atoms with Crippen molar-refractivity contribution >= 4 is 11.6 Å². The number of amides is 1. The number of rotatable bonds is 2. The molecular weight excluding hydrogens is 230 g/mol. The maximum Gasteiger partial charge on any atom is 0.239 e. The summed E-state index contributed by atoms with van der Waals surface area (Å²) < 4.78 is 31.0. The first-order chi connectivity index (χ1) is 8.06. The van der Waals surface area contributed by atoms with Crippen molar-refractivity contribution in [2.75, 3.05) is 11.9 Å². The Labute approximate surface area is 97.0 Å². The lowest BCUT2D eigenvalue weighted by Gasteiger charge is -2.09. The Morgan fingerprint density at radius 3 is 2.88 bits per heavy atom. The summed E-state index contributed by atoms with van der Waals surface area (Å²) in [7, 11) is 0. The molecule has 1 amide bonds. The molecular formula is C11H12F2N2O2. The van der Waals surface area contributed by atoms with Gasteiger partial charge in [0, 0.05) is 0 Å². The predicted molar refractivity (Wildman–Crippen MR) is 56.3 cm³/mol. The minimum absolute atomic E-state index is 0.0296. The molecule has 1 N–H and O–H groups in total. The van der Waals surface area contributed by atoms with Crippen LogP contribution in [0.2, 0.25) is 0 Å². The average Bonchev–Trinajstić information content (AvgIpc) is 2.69. The Morgan fingerprint density at radius 1 is 1.53 bits per heavy atom. The molecule has 92 valence electrons. The molecule has 6 heteroatoms. The number of aromatic nitrogens is 1. The fourth-order valence-corrected chi connectivity index (χ4v) is 1.74. The molecule has 0 spiro atoms. The van der Waals surface area contributed by atoms with Crippen LogP contribution in [0, 0.1) is 17.8 Å². The van der Waals surface area contributed by atoms with E-state index in [0.717, 1.165) is 12.1 Å². The van der Waals surface area contributed by atoms with E-state index in [1.54, 1.807) is 0 Å². The number of nitrogens with one attached hydrogen (secondary N) is 1. The number of hydrogen-bond donors (Lipinski definition) is 1. The van der Waals surface area contributed by atoms with Crippen LogP contribution >= 0.6 is 0 Å². The van der Waals surface area contributed by atoms with Crippen molar-refractivity contribution in [3.05, 3.63) is 24.0 Å². The van der Waals surface area contributed by atoms with E-state index in [9.17, 15) is 13.6 Å². The highest BCUT2D eigenvalue weighted by atomic mass is 19.1. The number of carbonyl (C=O) groups is 1. The molecule has 1 saturated heterocycles. The average molecular weight is 242 g/mol. The summed E-state index contributed by atoms with van der Waals surface area (Å²) in [4.78, 5) is 14.7. The lowest BCUT2D eigenvalue weighted by Crippen LogP contribution is -2.23. The maximum atomic E-state index is 13.2. The molecule has 1 aliphatic heterocycles. The SMILES string of the molecule is CC1CC(C(=O)Nc2ccc(F)nc2F)CO1. The van der Waals surface area contributed by atoms with Crippen molar-refractivity contribution in [2.24, 2.45) is 5.92 Å². The summed E-state index contributed by atoms with van der Waals surface area (Å²) in [5.41, 5.74) is -0.115. The molecule has 0 aliphatic carbocycles. The van der Waals surface area contributed by atoms with E-state index in [-0.39, 0.29) is 23.6 Å². The number of halogens is 2. The van der Waals surface area contributed by atoms with Crippen molar-refractivity contribution in [3.8, 4) is 0 Å². The lowest BCUT2D eigenvalue weighted by molar-refractivity contribution is -0.119. The molecule has 17 heavy (non-hydrogen) atoms. The minimum atomic E-state index is -1.02. The molecule has 0 bridgehead atoms. The van der Waals surface area contributed by atoms with E-state index in [1.807, 2.05) is 6.92 Å². The summed E-state index contributed by atoms with van der Waals surface area (Å²) >= 11 is 0. The van der Waals surface area contributed by atoms with E-state index < -0.39 is 11.9 Å². The molecule has 0 saturated carbocycles. The summed E-state index contributed by atoms with van der Waals surface area (Å²) in [6, 6.07) is 2.14. The number of ether oxygens (including phenoxy) is 1. The van der Waals surface area contributed by atoms with Crippen LogP contribution in [0.3, 0.4) is 0 Å². The van der Waals surface area contributed by atoms with Crippen molar-refractivity contribution in [1.29, 1.82) is 0 Å². The second-order valence-electron chi connectivity index (χ2n) is 4.04. The molecule has 2 rings (SSSR count). The zero-order chi connectivity index (χ0) is 12.4. The number of carbonyl (C=O) groups excluding carboxylic acids is 1. The normalized spacial score (nSPS) is 23.7. The largest absolute Gasteiger partial charge is 0.378 e. The van der Waals surface area contributed by atoms with Gasteiger partial charge in [0.05, 0.1) is 24.3 Å². The molecule has 4 nitrogen and oxygen atoms in total. The molecule has 1 aromatic rings. The van der Waals surface area contributed by atoms with Crippen LogP contribution < -0.4 is 5.32 Å². The minimum Gasteiger partial charge on any atom is -0.378 e. The van der Waals surface area contributed by atoms with Crippen molar-refractivity contribution in [1.82, 2.24) is 4.98 Å². The third kappa shape index (κ3) is 2.76. The van der Waals surface area contributed by atoms with Gasteiger partial charge in [0.15, 0.2) is 0 Å². The molecule has 2 unspecified atom stereocenters. The number of pyridine rings is 1.